The third-order valence-electron chi connectivity index (χ3n) is 3.66. The maximum absolute atomic E-state index is 13.9. The molecular weight excluding hydrogens is 410 g/mol. The van der Waals surface area contributed by atoms with Crippen LogP contribution in [0.4, 0.5) is 10.1 Å². The number of nitrogens with one attached hydrogen (secondary N) is 1. The summed E-state index contributed by atoms with van der Waals surface area (Å²) < 4.78 is 25.2. The van der Waals surface area contributed by atoms with Crippen molar-refractivity contribution in [1.82, 2.24) is 0 Å². The molecule has 2 aromatic carbocycles. The number of carbonyl (C=O) groups is 1. The SMILES string of the molecule is COc1ccc(Oc2cc(Cl)c(Cl)cc2C(=O)Nc2ccc[n+](O)c2)cc1F. The van der Waals surface area contributed by atoms with Gasteiger partial charge >= 0.3 is 0 Å². The molecule has 1 aromatic heterocycles. The Labute approximate surface area is 169 Å². The average Bonchev–Trinajstić information content (AvgIpc) is 2.64. The van der Waals surface area contributed by atoms with Crippen LogP contribution in [0, 0.1) is 5.82 Å². The predicted molar refractivity (Wildman–Crippen MR) is 101 cm³/mol. The Balaban J connectivity index is 1.94. The molecular formula is C19H14Cl2FN2O4+. The maximum Gasteiger partial charge on any atom is 0.259 e. The topological polar surface area (TPSA) is 71.7 Å². The Morgan fingerprint density at radius 2 is 1.89 bits per heavy atom. The molecule has 0 fully saturated rings. The Morgan fingerprint density at radius 3 is 2.57 bits per heavy atom. The third-order valence-corrected chi connectivity index (χ3v) is 4.38. The summed E-state index contributed by atoms with van der Waals surface area (Å²) in [6.45, 7) is 0. The second-order valence-electron chi connectivity index (χ2n) is 5.59. The van der Waals surface area contributed by atoms with E-state index < -0.39 is 11.7 Å². The summed E-state index contributed by atoms with van der Waals surface area (Å²) in [4.78, 5) is 12.7. The first-order chi connectivity index (χ1) is 13.4. The standard InChI is InChI=1S/C19H13Cl2FN2O4/c1-27-17-5-4-12(7-16(17)22)28-18-9-15(21)14(20)8-13(18)19(25)23-11-3-2-6-24(26)10-11/h2-10H,1H3,(H-,23,25,26)/p+1. The lowest BCUT2D eigenvalue weighted by Gasteiger charge is -2.13. The average molecular weight is 424 g/mol. The molecule has 3 aromatic rings. The van der Waals surface area contributed by atoms with Crippen LogP contribution in [-0.2, 0) is 0 Å². The van der Waals surface area contributed by atoms with Gasteiger partial charge in [0.25, 0.3) is 5.91 Å². The minimum Gasteiger partial charge on any atom is -0.494 e. The third kappa shape index (κ3) is 4.44. The van der Waals surface area contributed by atoms with Gasteiger partial charge in [-0.15, -0.1) is 0 Å². The number of pyridine rings is 1. The van der Waals surface area contributed by atoms with Crippen molar-refractivity contribution in [2.24, 2.45) is 0 Å². The lowest BCUT2D eigenvalue weighted by Crippen LogP contribution is -2.29. The molecule has 0 saturated carbocycles. The summed E-state index contributed by atoms with van der Waals surface area (Å²) in [6.07, 6.45) is 2.69. The van der Waals surface area contributed by atoms with E-state index in [0.717, 1.165) is 10.8 Å². The van der Waals surface area contributed by atoms with Crippen LogP contribution in [0.5, 0.6) is 17.2 Å². The van der Waals surface area contributed by atoms with E-state index in [2.05, 4.69) is 5.32 Å². The fraction of sp³-hybridized carbons (Fsp3) is 0.0526. The lowest BCUT2D eigenvalue weighted by atomic mass is 10.1. The van der Waals surface area contributed by atoms with Crippen molar-refractivity contribution in [1.29, 1.82) is 0 Å². The van der Waals surface area contributed by atoms with Crippen LogP contribution in [-0.4, -0.2) is 18.2 Å². The van der Waals surface area contributed by atoms with E-state index >= 15 is 0 Å². The van der Waals surface area contributed by atoms with Crippen LogP contribution in [0.2, 0.25) is 10.0 Å². The highest BCUT2D eigenvalue weighted by atomic mass is 35.5. The van der Waals surface area contributed by atoms with Crippen molar-refractivity contribution in [2.75, 3.05) is 12.4 Å². The quantitative estimate of drug-likeness (QED) is 0.460. The van der Waals surface area contributed by atoms with Gasteiger partial charge in [0.1, 0.15) is 17.2 Å². The number of rotatable bonds is 5. The summed E-state index contributed by atoms with van der Waals surface area (Å²) in [7, 11) is 1.35. The van der Waals surface area contributed by atoms with E-state index in [-0.39, 0.29) is 32.9 Å². The Bertz CT molecular complexity index is 1050. The van der Waals surface area contributed by atoms with E-state index in [9.17, 15) is 14.4 Å². The number of aromatic nitrogens is 1. The monoisotopic (exact) mass is 423 g/mol. The number of nitrogens with zero attached hydrogens (tertiary/aromatic N) is 1. The minimum atomic E-state index is -0.622. The molecule has 28 heavy (non-hydrogen) atoms. The molecule has 0 saturated heterocycles. The van der Waals surface area contributed by atoms with Crippen LogP contribution < -0.4 is 19.5 Å². The zero-order chi connectivity index (χ0) is 20.3. The summed E-state index contributed by atoms with van der Waals surface area (Å²) in [5.41, 5.74) is 0.404. The van der Waals surface area contributed by atoms with Crippen molar-refractivity contribution < 1.29 is 28.6 Å². The van der Waals surface area contributed by atoms with Gasteiger partial charge in [0.05, 0.1) is 22.7 Å². The zero-order valence-corrected chi connectivity index (χ0v) is 16.0. The van der Waals surface area contributed by atoms with Gasteiger partial charge in [-0.3, -0.25) is 10.0 Å². The van der Waals surface area contributed by atoms with E-state index in [1.807, 2.05) is 0 Å². The van der Waals surface area contributed by atoms with Gasteiger partial charge in [-0.25, -0.2) is 4.39 Å². The summed E-state index contributed by atoms with van der Waals surface area (Å²) in [5, 5.41) is 12.4. The first kappa shape index (κ1) is 19.7. The number of hydrogen-bond acceptors (Lipinski definition) is 4. The van der Waals surface area contributed by atoms with Crippen LogP contribution in [0.15, 0.2) is 54.9 Å². The van der Waals surface area contributed by atoms with Crippen LogP contribution in [0.3, 0.4) is 0 Å². The summed E-state index contributed by atoms with van der Waals surface area (Å²) in [5.74, 6) is -0.916. The molecule has 2 N–H and O–H groups in total. The Kier molecular flexibility index (Phi) is 5.87. The number of ether oxygens (including phenoxy) is 2. The van der Waals surface area contributed by atoms with Crippen molar-refractivity contribution in [3.8, 4) is 17.2 Å². The van der Waals surface area contributed by atoms with Crippen molar-refractivity contribution in [3.63, 3.8) is 0 Å². The Morgan fingerprint density at radius 1 is 1.14 bits per heavy atom. The predicted octanol–water partition coefficient (Wildman–Crippen LogP) is 4.71. The number of anilines is 1. The Hall–Kier alpha value is -3.03. The fourth-order valence-electron chi connectivity index (χ4n) is 2.36. The molecule has 0 bridgehead atoms. The van der Waals surface area contributed by atoms with Crippen LogP contribution >= 0.6 is 23.2 Å². The molecule has 0 aliphatic rings. The van der Waals surface area contributed by atoms with E-state index in [1.165, 1.54) is 43.8 Å². The molecule has 9 heteroatoms. The number of amides is 1. The molecule has 144 valence electrons. The zero-order valence-electron chi connectivity index (χ0n) is 14.4. The first-order valence-electron chi connectivity index (χ1n) is 7.89. The largest absolute Gasteiger partial charge is 0.494 e. The number of hydrogen-bond donors (Lipinski definition) is 2. The van der Waals surface area contributed by atoms with Crippen LogP contribution in [0.1, 0.15) is 10.4 Å². The molecule has 6 nitrogen and oxygen atoms in total. The van der Waals surface area contributed by atoms with Crippen molar-refractivity contribution in [3.05, 3.63) is 76.3 Å². The molecule has 0 spiro atoms. The molecule has 1 amide bonds. The maximum atomic E-state index is 13.9. The second kappa shape index (κ2) is 8.33. The normalized spacial score (nSPS) is 10.4. The van der Waals surface area contributed by atoms with Crippen LogP contribution in [0.25, 0.3) is 0 Å². The van der Waals surface area contributed by atoms with Gasteiger partial charge in [-0.2, -0.15) is 0 Å². The van der Waals surface area contributed by atoms with Gasteiger partial charge in [0, 0.05) is 22.9 Å². The second-order valence-corrected chi connectivity index (χ2v) is 6.40. The highest BCUT2D eigenvalue weighted by molar-refractivity contribution is 6.42. The fourth-order valence-corrected chi connectivity index (χ4v) is 2.68. The number of halogens is 3. The van der Waals surface area contributed by atoms with Gasteiger partial charge in [0.15, 0.2) is 11.6 Å². The highest BCUT2D eigenvalue weighted by Gasteiger charge is 2.18. The minimum absolute atomic E-state index is 0.0563. The van der Waals surface area contributed by atoms with Gasteiger partial charge in [-0.05, 0) is 24.3 Å². The lowest BCUT2D eigenvalue weighted by molar-refractivity contribution is -0.904. The van der Waals surface area contributed by atoms with Gasteiger partial charge < -0.3 is 14.8 Å². The van der Waals surface area contributed by atoms with Gasteiger partial charge in [-0.1, -0.05) is 23.2 Å². The molecule has 3 rings (SSSR count). The summed E-state index contributed by atoms with van der Waals surface area (Å²) >= 11 is 12.1. The number of benzene rings is 2. The first-order valence-corrected chi connectivity index (χ1v) is 8.65. The smallest absolute Gasteiger partial charge is 0.259 e. The van der Waals surface area contributed by atoms with E-state index in [4.69, 9.17) is 32.7 Å². The number of methoxy groups -OCH3 is 1. The molecule has 0 aliphatic heterocycles. The molecule has 0 unspecified atom stereocenters. The molecule has 1 heterocycles. The summed E-state index contributed by atoms with van der Waals surface area (Å²) in [6, 6.07) is 9.82. The molecule has 0 radical (unpaired) electrons. The highest BCUT2D eigenvalue weighted by Crippen LogP contribution is 2.35. The van der Waals surface area contributed by atoms with E-state index in [0.29, 0.717) is 5.69 Å². The van der Waals surface area contributed by atoms with E-state index in [1.54, 1.807) is 12.1 Å². The molecule has 0 aliphatic carbocycles. The van der Waals surface area contributed by atoms with Crippen molar-refractivity contribution >= 4 is 34.8 Å². The number of carbonyl (C=O) groups excluding carboxylic acids is 1. The van der Waals surface area contributed by atoms with Crippen molar-refractivity contribution in [2.45, 2.75) is 0 Å². The molecule has 0 atom stereocenters. The van der Waals surface area contributed by atoms with Gasteiger partial charge in [0.2, 0.25) is 12.4 Å².